The molecule has 2 aliphatic rings. The van der Waals surface area contributed by atoms with Crippen molar-refractivity contribution in [3.8, 4) is 0 Å². The van der Waals surface area contributed by atoms with E-state index >= 15 is 0 Å². The molecule has 2 amide bonds. The molecule has 0 aromatic heterocycles. The lowest BCUT2D eigenvalue weighted by Gasteiger charge is -2.37. The third-order valence-electron chi connectivity index (χ3n) is 6.21. The van der Waals surface area contributed by atoms with Crippen LogP contribution in [0.25, 0.3) is 0 Å². The monoisotopic (exact) mass is 474 g/mol. The quantitative estimate of drug-likeness (QED) is 0.666. The average Bonchev–Trinajstić information content (AvgIpc) is 3.30. The predicted molar refractivity (Wildman–Crippen MR) is 128 cm³/mol. The Balaban J connectivity index is 1.25. The van der Waals surface area contributed by atoms with E-state index in [1.54, 1.807) is 12.1 Å². The molecule has 2 aromatic carbocycles. The molecule has 2 aromatic rings. The summed E-state index contributed by atoms with van der Waals surface area (Å²) in [5.41, 5.74) is 1.54. The van der Waals surface area contributed by atoms with Crippen LogP contribution in [0.2, 0.25) is 10.0 Å². The standard InChI is InChI=1S/C24H28Cl2N4O2/c25-21-9-8-17(13-22(21)26)24(32)27-14-23(31)30-12-10-20(16-30)29-11-4-7-19(15-29)28-18-5-2-1-3-6-18/h1-3,5-6,8-9,13,19-20,28H,4,7,10-12,14-16H2,(H,27,32). The van der Waals surface area contributed by atoms with Gasteiger partial charge < -0.3 is 15.5 Å². The number of hydrogen-bond acceptors (Lipinski definition) is 4. The minimum Gasteiger partial charge on any atom is -0.381 e. The molecule has 2 aliphatic heterocycles. The smallest absolute Gasteiger partial charge is 0.251 e. The van der Waals surface area contributed by atoms with Gasteiger partial charge in [0.05, 0.1) is 16.6 Å². The van der Waals surface area contributed by atoms with Crippen molar-refractivity contribution in [1.29, 1.82) is 0 Å². The number of nitrogens with one attached hydrogen (secondary N) is 2. The van der Waals surface area contributed by atoms with Crippen LogP contribution in [0.1, 0.15) is 29.6 Å². The van der Waals surface area contributed by atoms with Gasteiger partial charge in [0.2, 0.25) is 5.91 Å². The zero-order valence-electron chi connectivity index (χ0n) is 17.9. The lowest BCUT2D eigenvalue weighted by molar-refractivity contribution is -0.129. The molecule has 32 heavy (non-hydrogen) atoms. The van der Waals surface area contributed by atoms with Gasteiger partial charge in [-0.1, -0.05) is 41.4 Å². The molecule has 0 aliphatic carbocycles. The van der Waals surface area contributed by atoms with Crippen LogP contribution in [0, 0.1) is 0 Å². The van der Waals surface area contributed by atoms with Crippen molar-refractivity contribution in [1.82, 2.24) is 15.1 Å². The van der Waals surface area contributed by atoms with Gasteiger partial charge in [-0.3, -0.25) is 14.5 Å². The van der Waals surface area contributed by atoms with Crippen LogP contribution in [0.3, 0.4) is 0 Å². The maximum atomic E-state index is 12.7. The summed E-state index contributed by atoms with van der Waals surface area (Å²) < 4.78 is 0. The summed E-state index contributed by atoms with van der Waals surface area (Å²) in [4.78, 5) is 29.4. The Morgan fingerprint density at radius 3 is 2.56 bits per heavy atom. The number of rotatable bonds is 6. The minimum absolute atomic E-state index is 0.0238. The van der Waals surface area contributed by atoms with E-state index in [-0.39, 0.29) is 18.4 Å². The number of anilines is 1. The maximum absolute atomic E-state index is 12.7. The second-order valence-corrected chi connectivity index (χ2v) is 9.25. The van der Waals surface area contributed by atoms with Gasteiger partial charge in [0, 0.05) is 43.0 Å². The summed E-state index contributed by atoms with van der Waals surface area (Å²) in [6, 6.07) is 15.8. The van der Waals surface area contributed by atoms with Crippen molar-refractivity contribution in [3.63, 3.8) is 0 Å². The molecule has 2 fully saturated rings. The van der Waals surface area contributed by atoms with Gasteiger partial charge in [-0.05, 0) is 56.1 Å². The highest BCUT2D eigenvalue weighted by Gasteiger charge is 2.33. The molecule has 6 nitrogen and oxygen atoms in total. The summed E-state index contributed by atoms with van der Waals surface area (Å²) in [7, 11) is 0. The molecule has 2 N–H and O–H groups in total. The Labute approximate surface area is 198 Å². The number of piperidine rings is 1. The first-order chi connectivity index (χ1) is 15.5. The van der Waals surface area contributed by atoms with Gasteiger partial charge in [-0.2, -0.15) is 0 Å². The van der Waals surface area contributed by atoms with Crippen molar-refractivity contribution in [2.75, 3.05) is 38.0 Å². The van der Waals surface area contributed by atoms with Crippen molar-refractivity contribution >= 4 is 40.7 Å². The van der Waals surface area contributed by atoms with Gasteiger partial charge in [0.1, 0.15) is 0 Å². The number of para-hydroxylation sites is 1. The fraction of sp³-hybridized carbons (Fsp3) is 0.417. The number of amides is 2. The Kier molecular flexibility index (Phi) is 7.55. The highest BCUT2D eigenvalue weighted by atomic mass is 35.5. The van der Waals surface area contributed by atoms with Gasteiger partial charge in [0.15, 0.2) is 0 Å². The molecule has 0 spiro atoms. The number of likely N-dealkylation sites (tertiary alicyclic amines) is 2. The highest BCUT2D eigenvalue weighted by molar-refractivity contribution is 6.42. The molecule has 170 valence electrons. The molecular weight excluding hydrogens is 447 g/mol. The lowest BCUT2D eigenvalue weighted by atomic mass is 10.0. The Morgan fingerprint density at radius 2 is 1.78 bits per heavy atom. The van der Waals surface area contributed by atoms with Gasteiger partial charge in [-0.25, -0.2) is 0 Å². The molecule has 0 radical (unpaired) electrons. The fourth-order valence-corrected chi connectivity index (χ4v) is 4.80. The maximum Gasteiger partial charge on any atom is 0.251 e. The number of carbonyl (C=O) groups is 2. The van der Waals surface area contributed by atoms with E-state index in [9.17, 15) is 9.59 Å². The van der Waals surface area contributed by atoms with E-state index in [1.165, 1.54) is 6.07 Å². The third-order valence-corrected chi connectivity index (χ3v) is 6.95. The van der Waals surface area contributed by atoms with Crippen LogP contribution in [-0.2, 0) is 4.79 Å². The summed E-state index contributed by atoms with van der Waals surface area (Å²) in [5.74, 6) is -0.393. The highest BCUT2D eigenvalue weighted by Crippen LogP contribution is 2.24. The molecule has 8 heteroatoms. The first-order valence-electron chi connectivity index (χ1n) is 11.1. The first kappa shape index (κ1) is 22.9. The first-order valence-corrected chi connectivity index (χ1v) is 11.8. The zero-order chi connectivity index (χ0) is 22.5. The number of nitrogens with zero attached hydrogens (tertiary/aromatic N) is 2. The van der Waals surface area contributed by atoms with E-state index in [0.717, 1.165) is 44.6 Å². The van der Waals surface area contributed by atoms with Crippen molar-refractivity contribution in [2.24, 2.45) is 0 Å². The predicted octanol–water partition coefficient (Wildman–Crippen LogP) is 3.90. The van der Waals surface area contributed by atoms with Crippen LogP contribution in [-0.4, -0.2) is 66.4 Å². The Hall–Kier alpha value is -2.28. The molecule has 2 heterocycles. The second kappa shape index (κ2) is 10.6. The minimum atomic E-state index is -0.335. The molecule has 0 bridgehead atoms. The van der Waals surface area contributed by atoms with Crippen molar-refractivity contribution in [3.05, 3.63) is 64.1 Å². The van der Waals surface area contributed by atoms with E-state index in [4.69, 9.17) is 23.2 Å². The number of halogens is 2. The summed E-state index contributed by atoms with van der Waals surface area (Å²) in [5, 5.41) is 7.04. The van der Waals surface area contributed by atoms with E-state index in [1.807, 2.05) is 23.1 Å². The number of hydrogen-bond donors (Lipinski definition) is 2. The molecule has 4 rings (SSSR count). The molecule has 2 unspecified atom stereocenters. The lowest BCUT2D eigenvalue weighted by Crippen LogP contribution is -2.48. The normalized spacial score (nSPS) is 21.4. The van der Waals surface area contributed by atoms with Crippen LogP contribution in [0.4, 0.5) is 5.69 Å². The Morgan fingerprint density at radius 1 is 0.969 bits per heavy atom. The SMILES string of the molecule is O=C(NCC(=O)N1CCC(N2CCCC(Nc3ccccc3)C2)C1)c1ccc(Cl)c(Cl)c1. The van der Waals surface area contributed by atoms with Gasteiger partial charge >= 0.3 is 0 Å². The van der Waals surface area contributed by atoms with E-state index in [2.05, 4.69) is 27.7 Å². The molecule has 2 saturated heterocycles. The number of benzene rings is 2. The fourth-order valence-electron chi connectivity index (χ4n) is 4.50. The van der Waals surface area contributed by atoms with Crippen LogP contribution < -0.4 is 10.6 Å². The van der Waals surface area contributed by atoms with E-state index in [0.29, 0.717) is 34.2 Å². The summed E-state index contributed by atoms with van der Waals surface area (Å²) >= 11 is 11.9. The summed E-state index contributed by atoms with van der Waals surface area (Å²) in [6.45, 7) is 3.45. The molecular formula is C24H28Cl2N4O2. The zero-order valence-corrected chi connectivity index (χ0v) is 19.4. The van der Waals surface area contributed by atoms with Crippen molar-refractivity contribution in [2.45, 2.75) is 31.3 Å². The second-order valence-electron chi connectivity index (χ2n) is 8.44. The van der Waals surface area contributed by atoms with Crippen LogP contribution in [0.5, 0.6) is 0 Å². The molecule has 0 saturated carbocycles. The van der Waals surface area contributed by atoms with Crippen LogP contribution >= 0.6 is 23.2 Å². The Bertz CT molecular complexity index is 956. The molecule has 2 atom stereocenters. The third kappa shape index (κ3) is 5.74. The largest absolute Gasteiger partial charge is 0.381 e. The number of carbonyl (C=O) groups excluding carboxylic acids is 2. The van der Waals surface area contributed by atoms with Crippen LogP contribution in [0.15, 0.2) is 48.5 Å². The topological polar surface area (TPSA) is 64.7 Å². The van der Waals surface area contributed by atoms with Gasteiger partial charge in [-0.15, -0.1) is 0 Å². The van der Waals surface area contributed by atoms with Gasteiger partial charge in [0.25, 0.3) is 5.91 Å². The summed E-state index contributed by atoms with van der Waals surface area (Å²) in [6.07, 6.45) is 3.26. The van der Waals surface area contributed by atoms with E-state index < -0.39 is 0 Å². The average molecular weight is 475 g/mol. The van der Waals surface area contributed by atoms with Crippen molar-refractivity contribution < 1.29 is 9.59 Å².